The lowest BCUT2D eigenvalue weighted by atomic mass is 10.2. The number of guanidine groups is 1. The van der Waals surface area contributed by atoms with Gasteiger partial charge >= 0.3 is 5.97 Å². The highest BCUT2D eigenvalue weighted by Gasteiger charge is 2.16. The van der Waals surface area contributed by atoms with Crippen molar-refractivity contribution in [2.75, 3.05) is 27.2 Å². The lowest BCUT2D eigenvalue weighted by Gasteiger charge is -2.23. The Bertz CT molecular complexity index is 282. The number of nitrogens with one attached hydrogen (secondary N) is 1. The van der Waals surface area contributed by atoms with Crippen molar-refractivity contribution < 1.29 is 9.53 Å². The zero-order valence-corrected chi connectivity index (χ0v) is 12.5. The van der Waals surface area contributed by atoms with Gasteiger partial charge in [0.15, 0.2) is 5.96 Å². The van der Waals surface area contributed by atoms with Crippen LogP contribution in [0.5, 0.6) is 0 Å². The van der Waals surface area contributed by atoms with Crippen molar-refractivity contribution in [3.05, 3.63) is 0 Å². The molecule has 0 radical (unpaired) electrons. The first-order valence-electron chi connectivity index (χ1n) is 6.43. The first-order chi connectivity index (χ1) is 8.30. The van der Waals surface area contributed by atoms with Crippen LogP contribution in [0.3, 0.4) is 0 Å². The molecule has 0 rings (SSSR count). The van der Waals surface area contributed by atoms with Crippen LogP contribution in [-0.2, 0) is 9.53 Å². The van der Waals surface area contributed by atoms with Crippen molar-refractivity contribution in [2.45, 2.75) is 46.1 Å². The van der Waals surface area contributed by atoms with Gasteiger partial charge in [-0.1, -0.05) is 13.3 Å². The standard InChI is InChI=1S/C13H27N3O2/c1-7-8-9-16(6)12(14-5)15-10-11(17)18-13(2,3)4/h7-10H2,1-6H3,(H,14,15). The van der Waals surface area contributed by atoms with Crippen LogP contribution >= 0.6 is 0 Å². The maximum atomic E-state index is 11.6. The first-order valence-corrected chi connectivity index (χ1v) is 6.43. The summed E-state index contributed by atoms with van der Waals surface area (Å²) in [5, 5.41) is 3.00. The van der Waals surface area contributed by atoms with Crippen LogP contribution in [0.25, 0.3) is 0 Å². The molecule has 0 saturated carbocycles. The van der Waals surface area contributed by atoms with Gasteiger partial charge < -0.3 is 15.0 Å². The minimum absolute atomic E-state index is 0.139. The smallest absolute Gasteiger partial charge is 0.325 e. The molecule has 18 heavy (non-hydrogen) atoms. The predicted molar refractivity (Wildman–Crippen MR) is 74.7 cm³/mol. The van der Waals surface area contributed by atoms with E-state index in [9.17, 15) is 4.79 Å². The van der Waals surface area contributed by atoms with Gasteiger partial charge in [-0.15, -0.1) is 0 Å². The summed E-state index contributed by atoms with van der Waals surface area (Å²) in [6.07, 6.45) is 2.23. The summed E-state index contributed by atoms with van der Waals surface area (Å²) >= 11 is 0. The van der Waals surface area contributed by atoms with Crippen molar-refractivity contribution in [2.24, 2.45) is 4.99 Å². The topological polar surface area (TPSA) is 53.9 Å². The molecule has 0 spiro atoms. The number of carbonyl (C=O) groups excluding carboxylic acids is 1. The normalized spacial score (nSPS) is 12.2. The van der Waals surface area contributed by atoms with E-state index in [1.54, 1.807) is 7.05 Å². The Labute approximate surface area is 111 Å². The van der Waals surface area contributed by atoms with Crippen molar-refractivity contribution in [3.63, 3.8) is 0 Å². The zero-order chi connectivity index (χ0) is 14.2. The number of unbranched alkanes of at least 4 members (excludes halogenated alkanes) is 1. The van der Waals surface area contributed by atoms with Crippen LogP contribution in [-0.4, -0.2) is 49.6 Å². The fraction of sp³-hybridized carbons (Fsp3) is 0.846. The molecule has 5 nitrogen and oxygen atoms in total. The molecule has 0 aliphatic rings. The summed E-state index contributed by atoms with van der Waals surface area (Å²) in [5.41, 5.74) is -0.448. The Morgan fingerprint density at radius 2 is 2.00 bits per heavy atom. The number of hydrogen-bond donors (Lipinski definition) is 1. The van der Waals surface area contributed by atoms with Gasteiger partial charge in [0.2, 0.25) is 0 Å². The molecule has 0 bridgehead atoms. The molecule has 0 aromatic rings. The van der Waals surface area contributed by atoms with E-state index in [0.717, 1.165) is 19.4 Å². The van der Waals surface area contributed by atoms with Gasteiger partial charge in [-0.25, -0.2) is 0 Å². The highest BCUT2D eigenvalue weighted by atomic mass is 16.6. The summed E-state index contributed by atoms with van der Waals surface area (Å²) in [4.78, 5) is 17.7. The molecule has 106 valence electrons. The number of rotatable bonds is 5. The first kappa shape index (κ1) is 16.7. The monoisotopic (exact) mass is 257 g/mol. The molecule has 0 atom stereocenters. The maximum absolute atomic E-state index is 11.6. The Morgan fingerprint density at radius 3 is 2.44 bits per heavy atom. The Hall–Kier alpha value is -1.26. The van der Waals surface area contributed by atoms with Crippen molar-refractivity contribution in [1.29, 1.82) is 0 Å². The molecule has 1 N–H and O–H groups in total. The molecule has 0 aromatic heterocycles. The summed E-state index contributed by atoms with van der Waals surface area (Å²) in [6, 6.07) is 0. The lowest BCUT2D eigenvalue weighted by molar-refractivity contribution is -0.153. The van der Waals surface area contributed by atoms with Crippen LogP contribution in [0.2, 0.25) is 0 Å². The molecule has 0 heterocycles. The van der Waals surface area contributed by atoms with Gasteiger partial charge in [-0.2, -0.15) is 0 Å². The van der Waals surface area contributed by atoms with Gasteiger partial charge in [-0.3, -0.25) is 9.79 Å². The molecule has 0 unspecified atom stereocenters. The maximum Gasteiger partial charge on any atom is 0.325 e. The molecular weight excluding hydrogens is 230 g/mol. The number of aliphatic imine (C=N–C) groups is 1. The highest BCUT2D eigenvalue weighted by molar-refractivity contribution is 5.84. The third-order valence-electron chi connectivity index (χ3n) is 2.23. The number of carbonyl (C=O) groups is 1. The number of nitrogens with zero attached hydrogens (tertiary/aromatic N) is 2. The van der Waals surface area contributed by atoms with E-state index in [1.165, 1.54) is 0 Å². The van der Waals surface area contributed by atoms with E-state index in [-0.39, 0.29) is 12.5 Å². The van der Waals surface area contributed by atoms with Crippen LogP contribution in [0, 0.1) is 0 Å². The number of hydrogen-bond acceptors (Lipinski definition) is 3. The quantitative estimate of drug-likeness (QED) is 0.462. The van der Waals surface area contributed by atoms with Crippen molar-refractivity contribution in [3.8, 4) is 0 Å². The fourth-order valence-corrected chi connectivity index (χ4v) is 1.41. The summed E-state index contributed by atoms with van der Waals surface area (Å²) in [7, 11) is 3.67. The van der Waals surface area contributed by atoms with E-state index in [4.69, 9.17) is 4.74 Å². The molecule has 0 fully saturated rings. The Balaban J connectivity index is 4.12. The fourth-order valence-electron chi connectivity index (χ4n) is 1.41. The van der Waals surface area contributed by atoms with E-state index in [0.29, 0.717) is 5.96 Å². The van der Waals surface area contributed by atoms with Crippen molar-refractivity contribution >= 4 is 11.9 Å². The second-order valence-corrected chi connectivity index (χ2v) is 5.26. The molecule has 0 aliphatic heterocycles. The molecule has 0 aromatic carbocycles. The summed E-state index contributed by atoms with van der Waals surface area (Å²) in [5.74, 6) is 0.446. The molecule has 5 heteroatoms. The largest absolute Gasteiger partial charge is 0.459 e. The lowest BCUT2D eigenvalue weighted by Crippen LogP contribution is -2.43. The number of ether oxygens (including phenoxy) is 1. The van der Waals surface area contributed by atoms with Crippen molar-refractivity contribution in [1.82, 2.24) is 10.2 Å². The third kappa shape index (κ3) is 7.92. The van der Waals surface area contributed by atoms with E-state index >= 15 is 0 Å². The van der Waals surface area contributed by atoms with E-state index in [2.05, 4.69) is 17.2 Å². The van der Waals surface area contributed by atoms with Gasteiger partial charge in [0.25, 0.3) is 0 Å². The summed E-state index contributed by atoms with van der Waals surface area (Å²) in [6.45, 7) is 8.77. The van der Waals surface area contributed by atoms with Crippen LogP contribution in [0.15, 0.2) is 4.99 Å². The second-order valence-electron chi connectivity index (χ2n) is 5.26. The van der Waals surface area contributed by atoms with Crippen LogP contribution in [0.4, 0.5) is 0 Å². The number of esters is 1. The predicted octanol–water partition coefficient (Wildman–Crippen LogP) is 1.64. The van der Waals surface area contributed by atoms with Gasteiger partial charge in [0, 0.05) is 20.6 Å². The Morgan fingerprint density at radius 1 is 1.39 bits per heavy atom. The van der Waals surface area contributed by atoms with Crippen LogP contribution < -0.4 is 5.32 Å². The molecule has 0 amide bonds. The van der Waals surface area contributed by atoms with Gasteiger partial charge in [-0.05, 0) is 27.2 Å². The summed E-state index contributed by atoms with van der Waals surface area (Å²) < 4.78 is 5.22. The zero-order valence-electron chi connectivity index (χ0n) is 12.5. The van der Waals surface area contributed by atoms with E-state index in [1.807, 2.05) is 32.7 Å². The molecule has 0 saturated heterocycles. The molecule has 0 aliphatic carbocycles. The van der Waals surface area contributed by atoms with Gasteiger partial charge in [0.05, 0.1) is 0 Å². The SMILES string of the molecule is CCCCN(C)C(=NC)NCC(=O)OC(C)(C)C. The highest BCUT2D eigenvalue weighted by Crippen LogP contribution is 2.06. The average Bonchev–Trinajstić information content (AvgIpc) is 2.24. The van der Waals surface area contributed by atoms with Crippen LogP contribution in [0.1, 0.15) is 40.5 Å². The average molecular weight is 257 g/mol. The second kappa shape index (κ2) is 7.95. The minimum atomic E-state index is -0.448. The third-order valence-corrected chi connectivity index (χ3v) is 2.23. The van der Waals surface area contributed by atoms with Gasteiger partial charge in [0.1, 0.15) is 12.1 Å². The molecular formula is C13H27N3O2. The minimum Gasteiger partial charge on any atom is -0.459 e. The van der Waals surface area contributed by atoms with E-state index < -0.39 is 5.60 Å². The Kier molecular flexibility index (Phi) is 7.39.